The minimum atomic E-state index is -0.475. The van der Waals surface area contributed by atoms with Crippen molar-refractivity contribution in [2.24, 2.45) is 0 Å². The van der Waals surface area contributed by atoms with Crippen LogP contribution in [0.15, 0.2) is 24.3 Å². The smallest absolute Gasteiger partial charge is 0.254 e. The fourth-order valence-corrected chi connectivity index (χ4v) is 1.90. The number of benzene rings is 1. The largest absolute Gasteiger partial charge is 0.349 e. The minimum absolute atomic E-state index is 0.0690. The molecule has 0 aromatic heterocycles. The van der Waals surface area contributed by atoms with Crippen molar-refractivity contribution in [2.45, 2.75) is 19.4 Å². The summed E-state index contributed by atoms with van der Waals surface area (Å²) >= 11 is 1.73. The Morgan fingerprint density at radius 3 is 2.81 bits per heavy atom. The predicted octanol–water partition coefficient (Wildman–Crippen LogP) is 2.70. The van der Waals surface area contributed by atoms with Gasteiger partial charge in [0.25, 0.3) is 5.91 Å². The van der Waals surface area contributed by atoms with Gasteiger partial charge in [0.05, 0.1) is 5.56 Å². The standard InChI is InChI=1S/C12H16FNOS/c1-9(7-8-16-2)14-12(15)10-5-3-4-6-11(10)13/h3-6,9H,7-8H2,1-2H3,(H,14,15). The molecule has 4 heteroatoms. The van der Waals surface area contributed by atoms with E-state index in [9.17, 15) is 9.18 Å². The fourth-order valence-electron chi connectivity index (χ4n) is 1.31. The van der Waals surface area contributed by atoms with Gasteiger partial charge < -0.3 is 5.32 Å². The zero-order chi connectivity index (χ0) is 12.0. The lowest BCUT2D eigenvalue weighted by molar-refractivity contribution is 0.0935. The van der Waals surface area contributed by atoms with E-state index in [0.717, 1.165) is 12.2 Å². The minimum Gasteiger partial charge on any atom is -0.349 e. The van der Waals surface area contributed by atoms with Crippen LogP contribution in [0.5, 0.6) is 0 Å². The second kappa shape index (κ2) is 6.53. The Hall–Kier alpha value is -1.03. The molecule has 2 nitrogen and oxygen atoms in total. The molecular weight excluding hydrogens is 225 g/mol. The van der Waals surface area contributed by atoms with Crippen LogP contribution in [0, 0.1) is 5.82 Å². The molecule has 0 heterocycles. The van der Waals surface area contributed by atoms with Gasteiger partial charge in [-0.1, -0.05) is 12.1 Å². The number of thioether (sulfide) groups is 1. The molecule has 0 spiro atoms. The molecule has 1 atom stereocenters. The highest BCUT2D eigenvalue weighted by Gasteiger charge is 2.12. The third kappa shape index (κ3) is 3.85. The van der Waals surface area contributed by atoms with E-state index in [4.69, 9.17) is 0 Å². The number of nitrogens with one attached hydrogen (secondary N) is 1. The molecule has 0 bridgehead atoms. The van der Waals surface area contributed by atoms with Gasteiger partial charge in [-0.15, -0.1) is 0 Å². The van der Waals surface area contributed by atoms with Gasteiger partial charge in [-0.2, -0.15) is 11.8 Å². The molecule has 1 unspecified atom stereocenters. The van der Waals surface area contributed by atoms with E-state index in [2.05, 4.69) is 5.32 Å². The highest BCUT2D eigenvalue weighted by Crippen LogP contribution is 2.07. The van der Waals surface area contributed by atoms with Crippen molar-refractivity contribution in [2.75, 3.05) is 12.0 Å². The topological polar surface area (TPSA) is 29.1 Å². The van der Waals surface area contributed by atoms with Gasteiger partial charge in [-0.3, -0.25) is 4.79 Å². The fraction of sp³-hybridized carbons (Fsp3) is 0.417. The monoisotopic (exact) mass is 241 g/mol. The molecule has 1 aromatic carbocycles. The van der Waals surface area contributed by atoms with Gasteiger partial charge in [0, 0.05) is 6.04 Å². The van der Waals surface area contributed by atoms with E-state index in [1.165, 1.54) is 12.1 Å². The molecule has 0 saturated heterocycles. The summed E-state index contributed by atoms with van der Waals surface area (Å²) in [5, 5.41) is 2.78. The van der Waals surface area contributed by atoms with E-state index in [0.29, 0.717) is 0 Å². The maximum Gasteiger partial charge on any atom is 0.254 e. The summed E-state index contributed by atoms with van der Waals surface area (Å²) in [5.41, 5.74) is 0.110. The van der Waals surface area contributed by atoms with E-state index in [1.54, 1.807) is 23.9 Å². The van der Waals surface area contributed by atoms with Gasteiger partial charge in [0.1, 0.15) is 5.82 Å². The maximum atomic E-state index is 13.3. The Morgan fingerprint density at radius 1 is 1.50 bits per heavy atom. The summed E-state index contributed by atoms with van der Waals surface area (Å²) in [5.74, 6) is 0.169. The van der Waals surface area contributed by atoms with Crippen molar-refractivity contribution in [1.29, 1.82) is 0 Å². The van der Waals surface area contributed by atoms with E-state index >= 15 is 0 Å². The molecule has 0 fully saturated rings. The Labute approximate surface area is 99.6 Å². The second-order valence-corrected chi connectivity index (χ2v) is 4.62. The molecule has 0 aliphatic carbocycles. The predicted molar refractivity (Wildman–Crippen MR) is 66.3 cm³/mol. The Kier molecular flexibility index (Phi) is 5.32. The molecule has 0 radical (unpaired) electrons. The highest BCUT2D eigenvalue weighted by atomic mass is 32.2. The lowest BCUT2D eigenvalue weighted by Crippen LogP contribution is -2.33. The zero-order valence-electron chi connectivity index (χ0n) is 9.50. The number of hydrogen-bond donors (Lipinski definition) is 1. The molecule has 16 heavy (non-hydrogen) atoms. The summed E-state index contributed by atoms with van der Waals surface area (Å²) in [6.07, 6.45) is 2.91. The third-order valence-corrected chi connectivity index (χ3v) is 2.89. The normalized spacial score (nSPS) is 12.2. The second-order valence-electron chi connectivity index (χ2n) is 3.64. The Balaban J connectivity index is 2.56. The lowest BCUT2D eigenvalue weighted by atomic mass is 10.1. The number of carbonyl (C=O) groups is 1. The molecule has 1 N–H and O–H groups in total. The van der Waals surface area contributed by atoms with Gasteiger partial charge in [-0.05, 0) is 37.5 Å². The number of hydrogen-bond acceptors (Lipinski definition) is 2. The molecule has 0 saturated carbocycles. The van der Waals surface area contributed by atoms with Gasteiger partial charge in [0.2, 0.25) is 0 Å². The Morgan fingerprint density at radius 2 is 2.19 bits per heavy atom. The van der Waals surface area contributed by atoms with Crippen LogP contribution in [0.25, 0.3) is 0 Å². The molecule has 0 aliphatic rings. The first-order valence-corrected chi connectivity index (χ1v) is 6.59. The van der Waals surface area contributed by atoms with Crippen LogP contribution >= 0.6 is 11.8 Å². The van der Waals surface area contributed by atoms with Crippen molar-refractivity contribution >= 4 is 17.7 Å². The van der Waals surface area contributed by atoms with Crippen LogP contribution in [0.2, 0.25) is 0 Å². The Bertz CT molecular complexity index is 357. The number of halogens is 1. The lowest BCUT2D eigenvalue weighted by Gasteiger charge is -2.13. The van der Waals surface area contributed by atoms with Gasteiger partial charge in [0.15, 0.2) is 0 Å². The van der Waals surface area contributed by atoms with Crippen LogP contribution in [-0.2, 0) is 0 Å². The maximum absolute atomic E-state index is 13.3. The van der Waals surface area contributed by atoms with Crippen molar-refractivity contribution < 1.29 is 9.18 Å². The summed E-state index contributed by atoms with van der Waals surface area (Å²) in [7, 11) is 0. The van der Waals surface area contributed by atoms with Gasteiger partial charge in [-0.25, -0.2) is 4.39 Å². The zero-order valence-corrected chi connectivity index (χ0v) is 10.3. The van der Waals surface area contributed by atoms with Crippen molar-refractivity contribution in [1.82, 2.24) is 5.32 Å². The average molecular weight is 241 g/mol. The number of carbonyl (C=O) groups excluding carboxylic acids is 1. The first-order valence-electron chi connectivity index (χ1n) is 5.19. The van der Waals surface area contributed by atoms with Gasteiger partial charge >= 0.3 is 0 Å². The van der Waals surface area contributed by atoms with Crippen molar-refractivity contribution in [3.63, 3.8) is 0 Å². The van der Waals surface area contributed by atoms with Crippen molar-refractivity contribution in [3.8, 4) is 0 Å². The van der Waals surface area contributed by atoms with E-state index in [-0.39, 0.29) is 17.5 Å². The molecule has 0 aliphatic heterocycles. The summed E-state index contributed by atoms with van der Waals surface area (Å²) in [4.78, 5) is 11.7. The average Bonchev–Trinajstić information content (AvgIpc) is 2.26. The van der Waals surface area contributed by atoms with Crippen LogP contribution in [0.1, 0.15) is 23.7 Å². The first-order chi connectivity index (χ1) is 7.65. The third-order valence-electron chi connectivity index (χ3n) is 2.25. The van der Waals surface area contributed by atoms with E-state index < -0.39 is 5.82 Å². The quantitative estimate of drug-likeness (QED) is 0.858. The molecule has 1 aromatic rings. The van der Waals surface area contributed by atoms with Crippen molar-refractivity contribution in [3.05, 3.63) is 35.6 Å². The summed E-state index contributed by atoms with van der Waals surface area (Å²) in [6, 6.07) is 6.08. The molecule has 1 amide bonds. The van der Waals surface area contributed by atoms with Crippen LogP contribution < -0.4 is 5.32 Å². The summed E-state index contributed by atoms with van der Waals surface area (Å²) < 4.78 is 13.3. The van der Waals surface area contributed by atoms with Crippen LogP contribution in [-0.4, -0.2) is 24.0 Å². The SMILES string of the molecule is CSCCC(C)NC(=O)c1ccccc1F. The highest BCUT2D eigenvalue weighted by molar-refractivity contribution is 7.98. The first kappa shape index (κ1) is 13.0. The van der Waals surface area contributed by atoms with E-state index in [1.807, 2.05) is 13.2 Å². The number of rotatable bonds is 5. The summed E-state index contributed by atoms with van der Waals surface area (Å²) in [6.45, 7) is 1.93. The van der Waals surface area contributed by atoms with Crippen LogP contribution in [0.4, 0.5) is 4.39 Å². The molecule has 1 rings (SSSR count). The number of amides is 1. The van der Waals surface area contributed by atoms with Crippen LogP contribution in [0.3, 0.4) is 0 Å². The molecular formula is C12H16FNOS. The molecule has 88 valence electrons.